The molecule has 1 atom stereocenters. The number of sulfonamides is 1. The summed E-state index contributed by atoms with van der Waals surface area (Å²) in [6.07, 6.45) is 4.17. The first-order chi connectivity index (χ1) is 9.24. The van der Waals surface area contributed by atoms with Crippen LogP contribution in [0.2, 0.25) is 0 Å². The molecule has 6 nitrogen and oxygen atoms in total. The molecule has 0 saturated carbocycles. The summed E-state index contributed by atoms with van der Waals surface area (Å²) in [5.74, 6) is 1.47. The van der Waals surface area contributed by atoms with E-state index in [1.165, 1.54) is 6.42 Å². The predicted molar refractivity (Wildman–Crippen MR) is 85.5 cm³/mol. The monoisotopic (exact) mass is 306 g/mol. The SMILES string of the molecule is CN=C(NCCCNS(C)(=O)=O)NC(C)CCC(C)C. The van der Waals surface area contributed by atoms with Gasteiger partial charge in [0.2, 0.25) is 10.0 Å². The molecule has 120 valence electrons. The normalized spacial score (nSPS) is 14.4. The lowest BCUT2D eigenvalue weighted by atomic mass is 10.0. The van der Waals surface area contributed by atoms with Crippen molar-refractivity contribution in [2.75, 3.05) is 26.4 Å². The second kappa shape index (κ2) is 9.99. The molecule has 3 N–H and O–H groups in total. The summed E-state index contributed by atoms with van der Waals surface area (Å²) >= 11 is 0. The molecule has 0 aromatic heterocycles. The number of hydrogen-bond acceptors (Lipinski definition) is 3. The number of nitrogens with zero attached hydrogens (tertiary/aromatic N) is 1. The fourth-order valence-corrected chi connectivity index (χ4v) is 2.15. The van der Waals surface area contributed by atoms with Crippen molar-refractivity contribution in [3.8, 4) is 0 Å². The minimum Gasteiger partial charge on any atom is -0.356 e. The molecule has 0 aromatic carbocycles. The van der Waals surface area contributed by atoms with E-state index in [2.05, 4.69) is 41.1 Å². The fourth-order valence-electron chi connectivity index (χ4n) is 1.64. The second-order valence-corrected chi connectivity index (χ2v) is 7.37. The van der Waals surface area contributed by atoms with Crippen LogP contribution in [0.1, 0.15) is 40.0 Å². The van der Waals surface area contributed by atoms with Crippen molar-refractivity contribution in [2.24, 2.45) is 10.9 Å². The highest BCUT2D eigenvalue weighted by molar-refractivity contribution is 7.88. The molecule has 0 amide bonds. The standard InChI is InChI=1S/C13H30N4O2S/c1-11(2)7-8-12(3)17-13(14-4)15-9-6-10-16-20(5,18)19/h11-12,16H,6-10H2,1-5H3,(H2,14,15,17). The highest BCUT2D eigenvalue weighted by Crippen LogP contribution is 2.06. The maximum atomic E-state index is 10.9. The third kappa shape index (κ3) is 12.2. The maximum Gasteiger partial charge on any atom is 0.208 e. The molecular weight excluding hydrogens is 276 g/mol. The van der Waals surface area contributed by atoms with Gasteiger partial charge in [0.1, 0.15) is 0 Å². The van der Waals surface area contributed by atoms with Crippen LogP contribution >= 0.6 is 0 Å². The average molecular weight is 306 g/mol. The van der Waals surface area contributed by atoms with Crippen molar-refractivity contribution < 1.29 is 8.42 Å². The lowest BCUT2D eigenvalue weighted by molar-refractivity contribution is 0.489. The first-order valence-corrected chi connectivity index (χ1v) is 9.05. The molecule has 0 aliphatic carbocycles. The van der Waals surface area contributed by atoms with Gasteiger partial charge in [0.05, 0.1) is 6.26 Å². The maximum absolute atomic E-state index is 10.9. The highest BCUT2D eigenvalue weighted by atomic mass is 32.2. The lowest BCUT2D eigenvalue weighted by Gasteiger charge is -2.18. The lowest BCUT2D eigenvalue weighted by Crippen LogP contribution is -2.43. The van der Waals surface area contributed by atoms with Gasteiger partial charge in [-0.15, -0.1) is 0 Å². The van der Waals surface area contributed by atoms with Crippen molar-refractivity contribution in [2.45, 2.75) is 46.1 Å². The van der Waals surface area contributed by atoms with Crippen molar-refractivity contribution in [3.63, 3.8) is 0 Å². The Bertz CT molecular complexity index is 380. The van der Waals surface area contributed by atoms with Gasteiger partial charge in [-0.25, -0.2) is 13.1 Å². The van der Waals surface area contributed by atoms with Crippen LogP contribution in [0.5, 0.6) is 0 Å². The molecule has 20 heavy (non-hydrogen) atoms. The minimum atomic E-state index is -3.09. The predicted octanol–water partition coefficient (Wildman–Crippen LogP) is 0.915. The van der Waals surface area contributed by atoms with Crippen LogP contribution in [0.4, 0.5) is 0 Å². The van der Waals surface area contributed by atoms with Gasteiger partial charge in [-0.2, -0.15) is 0 Å². The molecule has 0 rings (SSSR count). The zero-order valence-electron chi connectivity index (χ0n) is 13.4. The molecular formula is C13H30N4O2S. The van der Waals surface area contributed by atoms with E-state index in [4.69, 9.17) is 0 Å². The van der Waals surface area contributed by atoms with Gasteiger partial charge in [-0.1, -0.05) is 13.8 Å². The number of rotatable bonds is 9. The van der Waals surface area contributed by atoms with Crippen LogP contribution in [0.25, 0.3) is 0 Å². The molecule has 0 saturated heterocycles. The third-order valence-electron chi connectivity index (χ3n) is 2.79. The van der Waals surface area contributed by atoms with E-state index >= 15 is 0 Å². The first kappa shape index (κ1) is 19.2. The highest BCUT2D eigenvalue weighted by Gasteiger charge is 2.06. The van der Waals surface area contributed by atoms with Crippen LogP contribution < -0.4 is 15.4 Å². The molecule has 0 aromatic rings. The summed E-state index contributed by atoms with van der Waals surface area (Å²) in [6, 6.07) is 0.373. The first-order valence-electron chi connectivity index (χ1n) is 7.16. The Morgan fingerprint density at radius 1 is 1.15 bits per heavy atom. The number of nitrogens with one attached hydrogen (secondary N) is 3. The van der Waals surface area contributed by atoms with E-state index in [9.17, 15) is 8.42 Å². The van der Waals surface area contributed by atoms with Crippen LogP contribution in [0.15, 0.2) is 4.99 Å². The summed E-state index contributed by atoms with van der Waals surface area (Å²) in [5.41, 5.74) is 0. The minimum absolute atomic E-state index is 0.373. The molecule has 0 bridgehead atoms. The molecule has 0 fully saturated rings. The van der Waals surface area contributed by atoms with Crippen LogP contribution in [-0.2, 0) is 10.0 Å². The van der Waals surface area contributed by atoms with Crippen LogP contribution in [-0.4, -0.2) is 46.8 Å². The second-order valence-electron chi connectivity index (χ2n) is 5.54. The molecule has 7 heteroatoms. The molecule has 0 spiro atoms. The van der Waals surface area contributed by atoms with Gasteiger partial charge in [0.15, 0.2) is 5.96 Å². The molecule has 0 aliphatic rings. The summed E-state index contributed by atoms with van der Waals surface area (Å²) < 4.78 is 24.2. The Morgan fingerprint density at radius 2 is 1.80 bits per heavy atom. The van der Waals surface area contributed by atoms with Gasteiger partial charge in [-0.3, -0.25) is 4.99 Å². The van der Waals surface area contributed by atoms with Gasteiger partial charge in [0.25, 0.3) is 0 Å². The van der Waals surface area contributed by atoms with Crippen LogP contribution in [0, 0.1) is 5.92 Å². The number of aliphatic imine (C=N–C) groups is 1. The molecule has 0 radical (unpaired) electrons. The summed E-state index contributed by atoms with van der Waals surface area (Å²) in [6.45, 7) is 7.69. The van der Waals surface area contributed by atoms with Crippen molar-refractivity contribution in [1.29, 1.82) is 0 Å². The number of hydrogen-bond donors (Lipinski definition) is 3. The van der Waals surface area contributed by atoms with Gasteiger partial charge >= 0.3 is 0 Å². The zero-order chi connectivity index (χ0) is 15.6. The number of guanidine groups is 1. The summed E-state index contributed by atoms with van der Waals surface area (Å²) in [5, 5.41) is 6.51. The van der Waals surface area contributed by atoms with Crippen molar-refractivity contribution in [1.82, 2.24) is 15.4 Å². The quantitative estimate of drug-likeness (QED) is 0.336. The fraction of sp³-hybridized carbons (Fsp3) is 0.923. The summed E-state index contributed by atoms with van der Waals surface area (Å²) in [4.78, 5) is 4.16. The topological polar surface area (TPSA) is 82.6 Å². The van der Waals surface area contributed by atoms with E-state index < -0.39 is 10.0 Å². The van der Waals surface area contributed by atoms with Crippen LogP contribution in [0.3, 0.4) is 0 Å². The Hall–Kier alpha value is -0.820. The van der Waals surface area contributed by atoms with Gasteiger partial charge < -0.3 is 10.6 Å². The van der Waals surface area contributed by atoms with E-state index in [0.29, 0.717) is 31.5 Å². The third-order valence-corrected chi connectivity index (χ3v) is 3.52. The Balaban J connectivity index is 3.82. The van der Waals surface area contributed by atoms with Gasteiger partial charge in [0, 0.05) is 26.2 Å². The van der Waals surface area contributed by atoms with E-state index in [-0.39, 0.29) is 0 Å². The molecule has 0 heterocycles. The van der Waals surface area contributed by atoms with E-state index in [1.807, 2.05) is 0 Å². The van der Waals surface area contributed by atoms with Gasteiger partial charge in [-0.05, 0) is 32.1 Å². The Labute approximate surface area is 123 Å². The Kier molecular flexibility index (Phi) is 9.58. The van der Waals surface area contributed by atoms with Crippen molar-refractivity contribution >= 4 is 16.0 Å². The molecule has 1 unspecified atom stereocenters. The van der Waals surface area contributed by atoms with Crippen molar-refractivity contribution in [3.05, 3.63) is 0 Å². The Morgan fingerprint density at radius 3 is 2.30 bits per heavy atom. The van der Waals surface area contributed by atoms with E-state index in [0.717, 1.165) is 18.6 Å². The van der Waals surface area contributed by atoms with E-state index in [1.54, 1.807) is 7.05 Å². The zero-order valence-corrected chi connectivity index (χ0v) is 14.2. The average Bonchev–Trinajstić information content (AvgIpc) is 2.33. The summed E-state index contributed by atoms with van der Waals surface area (Å²) in [7, 11) is -1.35. The smallest absolute Gasteiger partial charge is 0.208 e. The molecule has 0 aliphatic heterocycles. The largest absolute Gasteiger partial charge is 0.356 e.